The average molecular weight is 411 g/mol. The van der Waals surface area contributed by atoms with Crippen LogP contribution in [0, 0.1) is 10.1 Å². The summed E-state index contributed by atoms with van der Waals surface area (Å²) in [6.07, 6.45) is 1.10. The van der Waals surface area contributed by atoms with Gasteiger partial charge in [0, 0.05) is 28.6 Å². The SMILES string of the molecule is CC[C@@H]1CN=C(Nc2ccc(/C(C)=N\NC(=O)c3ccc([N+](=O)[O-])cc3)cc2)S1. The van der Waals surface area contributed by atoms with Gasteiger partial charge in [-0.1, -0.05) is 30.8 Å². The molecule has 9 heteroatoms. The Morgan fingerprint density at radius 1 is 1.21 bits per heavy atom. The summed E-state index contributed by atoms with van der Waals surface area (Å²) in [6, 6.07) is 13.1. The molecule has 1 aliphatic heterocycles. The molecule has 0 saturated heterocycles. The molecule has 3 rings (SSSR count). The minimum absolute atomic E-state index is 0.0675. The van der Waals surface area contributed by atoms with Crippen LogP contribution in [0.2, 0.25) is 0 Å². The van der Waals surface area contributed by atoms with Crippen molar-refractivity contribution < 1.29 is 9.72 Å². The molecular formula is C20H21N5O3S. The van der Waals surface area contributed by atoms with E-state index in [2.05, 4.69) is 27.8 Å². The van der Waals surface area contributed by atoms with Gasteiger partial charge in [0.15, 0.2) is 5.17 Å². The van der Waals surface area contributed by atoms with Gasteiger partial charge in [-0.3, -0.25) is 19.9 Å². The molecule has 29 heavy (non-hydrogen) atoms. The van der Waals surface area contributed by atoms with E-state index in [1.807, 2.05) is 24.3 Å². The second kappa shape index (κ2) is 9.33. The van der Waals surface area contributed by atoms with E-state index in [0.29, 0.717) is 16.5 Å². The predicted octanol–water partition coefficient (Wildman–Crippen LogP) is 4.04. The van der Waals surface area contributed by atoms with Gasteiger partial charge in [0.2, 0.25) is 0 Å². The number of amides is 1. The highest BCUT2D eigenvalue weighted by Gasteiger charge is 2.17. The van der Waals surface area contributed by atoms with Crippen LogP contribution in [0.25, 0.3) is 0 Å². The smallest absolute Gasteiger partial charge is 0.271 e. The Morgan fingerprint density at radius 3 is 2.45 bits per heavy atom. The number of carbonyl (C=O) groups is 1. The molecule has 8 nitrogen and oxygen atoms in total. The number of rotatable bonds is 6. The summed E-state index contributed by atoms with van der Waals surface area (Å²) in [7, 11) is 0. The zero-order valence-electron chi connectivity index (χ0n) is 16.1. The highest BCUT2D eigenvalue weighted by molar-refractivity contribution is 8.15. The van der Waals surface area contributed by atoms with Crippen molar-refractivity contribution in [3.63, 3.8) is 0 Å². The summed E-state index contributed by atoms with van der Waals surface area (Å²) in [4.78, 5) is 26.8. The van der Waals surface area contributed by atoms with Crippen LogP contribution in [-0.2, 0) is 0 Å². The van der Waals surface area contributed by atoms with Gasteiger partial charge in [-0.2, -0.15) is 5.10 Å². The molecule has 1 aliphatic rings. The van der Waals surface area contributed by atoms with Gasteiger partial charge < -0.3 is 5.32 Å². The molecular weight excluding hydrogens is 390 g/mol. The number of nitro groups is 1. The van der Waals surface area contributed by atoms with Crippen LogP contribution >= 0.6 is 11.8 Å². The first-order chi connectivity index (χ1) is 14.0. The quantitative estimate of drug-likeness (QED) is 0.423. The van der Waals surface area contributed by atoms with Crippen molar-refractivity contribution in [2.45, 2.75) is 25.5 Å². The molecule has 0 radical (unpaired) electrons. The molecule has 2 aromatic rings. The number of hydrogen-bond donors (Lipinski definition) is 2. The molecule has 0 aliphatic carbocycles. The van der Waals surface area contributed by atoms with E-state index in [-0.39, 0.29) is 5.69 Å². The van der Waals surface area contributed by atoms with Gasteiger partial charge in [-0.25, -0.2) is 5.43 Å². The van der Waals surface area contributed by atoms with Crippen LogP contribution in [0.15, 0.2) is 58.6 Å². The first kappa shape index (κ1) is 20.5. The number of benzene rings is 2. The molecule has 1 atom stereocenters. The maximum Gasteiger partial charge on any atom is 0.271 e. The number of aliphatic imine (C=N–C) groups is 1. The fraction of sp³-hybridized carbons (Fsp3) is 0.250. The Bertz CT molecular complexity index is 955. The highest BCUT2D eigenvalue weighted by atomic mass is 32.2. The molecule has 0 spiro atoms. The predicted molar refractivity (Wildman–Crippen MR) is 117 cm³/mol. The number of anilines is 1. The second-order valence-electron chi connectivity index (χ2n) is 6.44. The molecule has 150 valence electrons. The Kier molecular flexibility index (Phi) is 6.61. The summed E-state index contributed by atoms with van der Waals surface area (Å²) < 4.78 is 0. The van der Waals surface area contributed by atoms with Gasteiger partial charge in [-0.15, -0.1) is 0 Å². The Morgan fingerprint density at radius 2 is 1.86 bits per heavy atom. The van der Waals surface area contributed by atoms with E-state index in [0.717, 1.165) is 29.4 Å². The van der Waals surface area contributed by atoms with E-state index in [4.69, 9.17) is 0 Å². The molecule has 2 N–H and O–H groups in total. The summed E-state index contributed by atoms with van der Waals surface area (Å²) in [5.74, 6) is -0.431. The van der Waals surface area contributed by atoms with Crippen molar-refractivity contribution in [2.24, 2.45) is 10.1 Å². The van der Waals surface area contributed by atoms with Crippen molar-refractivity contribution >= 4 is 39.9 Å². The van der Waals surface area contributed by atoms with Crippen molar-refractivity contribution in [1.29, 1.82) is 0 Å². The molecule has 2 aromatic carbocycles. The standard InChI is InChI=1S/C20H21N5O3S/c1-3-18-12-21-20(29-18)22-16-8-4-14(5-9-16)13(2)23-24-19(26)15-6-10-17(11-7-15)25(27)28/h4-11,18H,3,12H2,1-2H3,(H,21,22)(H,24,26)/b23-13-/t18-/m1/s1. The number of thioether (sulfide) groups is 1. The number of hydrogen-bond acceptors (Lipinski definition) is 7. The molecule has 1 heterocycles. The third-order valence-corrected chi connectivity index (χ3v) is 5.66. The van der Waals surface area contributed by atoms with Gasteiger partial charge in [-0.05, 0) is 43.2 Å². The van der Waals surface area contributed by atoms with E-state index in [1.165, 1.54) is 24.3 Å². The van der Waals surface area contributed by atoms with Crippen LogP contribution in [0.4, 0.5) is 11.4 Å². The minimum Gasteiger partial charge on any atom is -0.335 e. The largest absolute Gasteiger partial charge is 0.335 e. The van der Waals surface area contributed by atoms with Crippen molar-refractivity contribution in [1.82, 2.24) is 5.43 Å². The highest BCUT2D eigenvalue weighted by Crippen LogP contribution is 2.24. The van der Waals surface area contributed by atoms with Crippen molar-refractivity contribution in [2.75, 3.05) is 11.9 Å². The molecule has 0 bridgehead atoms. The van der Waals surface area contributed by atoms with E-state index in [1.54, 1.807) is 18.7 Å². The second-order valence-corrected chi connectivity index (χ2v) is 7.73. The number of amidine groups is 1. The average Bonchev–Trinajstić information content (AvgIpc) is 3.20. The summed E-state index contributed by atoms with van der Waals surface area (Å²) >= 11 is 1.76. The molecule has 0 fully saturated rings. The fourth-order valence-electron chi connectivity index (χ4n) is 2.62. The van der Waals surface area contributed by atoms with Crippen molar-refractivity contribution in [3.8, 4) is 0 Å². The third-order valence-electron chi connectivity index (χ3n) is 4.39. The Balaban J connectivity index is 1.58. The molecule has 0 unspecified atom stereocenters. The van der Waals surface area contributed by atoms with Gasteiger partial charge >= 0.3 is 0 Å². The van der Waals surface area contributed by atoms with Crippen LogP contribution < -0.4 is 10.7 Å². The lowest BCUT2D eigenvalue weighted by molar-refractivity contribution is -0.384. The lowest BCUT2D eigenvalue weighted by Gasteiger charge is -2.08. The van der Waals surface area contributed by atoms with E-state index in [9.17, 15) is 14.9 Å². The number of nitro benzene ring substituents is 1. The maximum atomic E-state index is 12.1. The zero-order valence-corrected chi connectivity index (χ0v) is 16.9. The molecule has 1 amide bonds. The monoisotopic (exact) mass is 411 g/mol. The van der Waals surface area contributed by atoms with Crippen LogP contribution in [0.1, 0.15) is 36.2 Å². The fourth-order valence-corrected chi connectivity index (χ4v) is 3.57. The van der Waals surface area contributed by atoms with Crippen LogP contribution in [0.5, 0.6) is 0 Å². The van der Waals surface area contributed by atoms with E-state index >= 15 is 0 Å². The van der Waals surface area contributed by atoms with Crippen LogP contribution in [-0.4, -0.2) is 33.5 Å². The number of hydrazone groups is 1. The molecule has 0 aromatic heterocycles. The third kappa shape index (κ3) is 5.41. The van der Waals surface area contributed by atoms with Gasteiger partial charge in [0.05, 0.1) is 17.2 Å². The summed E-state index contributed by atoms with van der Waals surface area (Å²) in [6.45, 7) is 4.80. The minimum atomic E-state index is -0.511. The van der Waals surface area contributed by atoms with Gasteiger partial charge in [0.1, 0.15) is 0 Å². The summed E-state index contributed by atoms with van der Waals surface area (Å²) in [5.41, 5.74) is 5.16. The van der Waals surface area contributed by atoms with Gasteiger partial charge in [0.25, 0.3) is 11.6 Å². The first-order valence-electron chi connectivity index (χ1n) is 9.14. The summed E-state index contributed by atoms with van der Waals surface area (Å²) in [5, 5.41) is 19.6. The lowest BCUT2D eigenvalue weighted by atomic mass is 10.1. The number of non-ortho nitro benzene ring substituents is 1. The Hall–Kier alpha value is -3.20. The van der Waals surface area contributed by atoms with Crippen LogP contribution in [0.3, 0.4) is 0 Å². The normalized spacial score (nSPS) is 16.3. The number of nitrogens with one attached hydrogen (secondary N) is 2. The number of nitrogens with zero attached hydrogens (tertiary/aromatic N) is 3. The molecule has 0 saturated carbocycles. The number of carbonyl (C=O) groups excluding carboxylic acids is 1. The Labute approximate surface area is 172 Å². The van der Waals surface area contributed by atoms with Crippen molar-refractivity contribution in [3.05, 3.63) is 69.8 Å². The van der Waals surface area contributed by atoms with E-state index < -0.39 is 10.8 Å². The zero-order chi connectivity index (χ0) is 20.8. The first-order valence-corrected chi connectivity index (χ1v) is 10.0. The topological polar surface area (TPSA) is 109 Å². The maximum absolute atomic E-state index is 12.1. The lowest BCUT2D eigenvalue weighted by Crippen LogP contribution is -2.19.